The summed E-state index contributed by atoms with van der Waals surface area (Å²) in [5.41, 5.74) is 20.8. The summed E-state index contributed by atoms with van der Waals surface area (Å²) < 4.78 is 0. The summed E-state index contributed by atoms with van der Waals surface area (Å²) in [7, 11) is 0. The smallest absolute Gasteiger partial charge is 0.184 e. The van der Waals surface area contributed by atoms with Gasteiger partial charge in [0.15, 0.2) is 10.2 Å². The summed E-state index contributed by atoms with van der Waals surface area (Å²) in [6.07, 6.45) is 3.63. The third-order valence-corrected chi connectivity index (χ3v) is 4.31. The molecule has 0 fully saturated rings. The first-order chi connectivity index (χ1) is 12.6. The molecular weight excluding hydrogens is 364 g/mol. The molecule has 0 radical (unpaired) electrons. The molecule has 0 amide bonds. The van der Waals surface area contributed by atoms with Crippen LogP contribution in [0.2, 0.25) is 0 Å². The van der Waals surface area contributed by atoms with Gasteiger partial charge in [-0.05, 0) is 46.7 Å². The number of nitrogens with two attached hydrogens (primary N) is 2. The van der Waals surface area contributed by atoms with Gasteiger partial charge >= 0.3 is 0 Å². The maximum atomic E-state index is 5.46. The predicted octanol–water partition coefficient (Wildman–Crippen LogP) is 1.90. The van der Waals surface area contributed by atoms with Crippen LogP contribution in [0.5, 0.6) is 0 Å². The van der Waals surface area contributed by atoms with Crippen molar-refractivity contribution in [3.05, 3.63) is 70.8 Å². The second kappa shape index (κ2) is 8.03. The van der Waals surface area contributed by atoms with Gasteiger partial charge in [-0.1, -0.05) is 48.5 Å². The van der Waals surface area contributed by atoms with Gasteiger partial charge in [0, 0.05) is 24.3 Å². The molecule has 2 aromatic carbocycles. The first kappa shape index (κ1) is 18.0. The largest absolute Gasteiger partial charge is 0.375 e. The molecule has 0 unspecified atom stereocenters. The highest BCUT2D eigenvalue weighted by Gasteiger charge is 2.30. The summed E-state index contributed by atoms with van der Waals surface area (Å²) in [4.78, 5) is 0. The Morgan fingerprint density at radius 2 is 1.04 bits per heavy atom. The molecule has 1 aliphatic carbocycles. The van der Waals surface area contributed by atoms with E-state index in [1.165, 1.54) is 0 Å². The molecule has 1 aliphatic rings. The summed E-state index contributed by atoms with van der Waals surface area (Å²) in [5, 5.41) is 8.63. The van der Waals surface area contributed by atoms with E-state index in [9.17, 15) is 0 Å². The third-order valence-electron chi connectivity index (χ3n) is 4.13. The minimum Gasteiger partial charge on any atom is -0.375 e. The highest BCUT2D eigenvalue weighted by atomic mass is 32.1. The fourth-order valence-electron chi connectivity index (χ4n) is 3.16. The Bertz CT molecular complexity index is 773. The lowest BCUT2D eigenvalue weighted by molar-refractivity contribution is 0.900. The molecule has 3 rings (SSSR count). The Morgan fingerprint density at radius 3 is 1.31 bits per heavy atom. The molecule has 132 valence electrons. The van der Waals surface area contributed by atoms with Gasteiger partial charge in [0.2, 0.25) is 0 Å². The van der Waals surface area contributed by atoms with Crippen molar-refractivity contribution < 1.29 is 0 Å². The Balaban J connectivity index is 2.06. The molecule has 0 aromatic heterocycles. The quantitative estimate of drug-likeness (QED) is 0.366. The highest BCUT2D eigenvalue weighted by Crippen LogP contribution is 2.41. The summed E-state index contributed by atoms with van der Waals surface area (Å²) in [5.74, 6) is -0.0325. The van der Waals surface area contributed by atoms with E-state index in [0.717, 1.165) is 22.3 Å². The number of hydrogen-bond donors (Lipinski definition) is 4. The van der Waals surface area contributed by atoms with Crippen molar-refractivity contribution >= 4 is 47.1 Å². The van der Waals surface area contributed by atoms with Crippen molar-refractivity contribution in [1.29, 1.82) is 0 Å². The highest BCUT2D eigenvalue weighted by molar-refractivity contribution is 7.80. The Kier molecular flexibility index (Phi) is 5.55. The molecule has 0 atom stereocenters. The molecule has 0 bridgehead atoms. The Labute approximate surface area is 162 Å². The van der Waals surface area contributed by atoms with Crippen LogP contribution in [0, 0.1) is 0 Å². The van der Waals surface area contributed by atoms with E-state index in [0.29, 0.717) is 0 Å². The monoisotopic (exact) mass is 382 g/mol. The lowest BCUT2D eigenvalue weighted by Gasteiger charge is -2.30. The number of hydrogen-bond acceptors (Lipinski definition) is 4. The fraction of sp³-hybridized carbons (Fsp3) is 0.111. The van der Waals surface area contributed by atoms with Crippen LogP contribution in [0.3, 0.4) is 0 Å². The zero-order valence-electron chi connectivity index (χ0n) is 13.8. The minimum absolute atomic E-state index is 0.0163. The molecule has 0 saturated heterocycles. The van der Waals surface area contributed by atoms with Gasteiger partial charge in [0.25, 0.3) is 0 Å². The second-order valence-corrected chi connectivity index (χ2v) is 6.60. The van der Waals surface area contributed by atoms with Crippen molar-refractivity contribution in [1.82, 2.24) is 10.9 Å². The summed E-state index contributed by atoms with van der Waals surface area (Å²) in [6, 6.07) is 16.4. The Morgan fingerprint density at radius 1 is 0.731 bits per heavy atom. The number of rotatable bonds is 4. The molecule has 0 saturated carbocycles. The molecule has 2 aromatic rings. The molecule has 26 heavy (non-hydrogen) atoms. The van der Waals surface area contributed by atoms with E-state index >= 15 is 0 Å². The molecule has 8 heteroatoms. The van der Waals surface area contributed by atoms with E-state index in [4.69, 9.17) is 35.9 Å². The molecular formula is C18H18N6S2. The van der Waals surface area contributed by atoms with Gasteiger partial charge in [-0.2, -0.15) is 10.2 Å². The SMILES string of the molecule is NC(=S)NN=CC1c2ccccc2C(C=NNC(N)=S)c2ccccc21. The molecule has 0 heterocycles. The van der Waals surface area contributed by atoms with Crippen molar-refractivity contribution in [2.24, 2.45) is 21.7 Å². The Hall–Kier alpha value is -2.84. The van der Waals surface area contributed by atoms with E-state index in [-0.39, 0.29) is 22.1 Å². The average molecular weight is 383 g/mol. The zero-order valence-corrected chi connectivity index (χ0v) is 15.4. The average Bonchev–Trinajstić information content (AvgIpc) is 2.62. The van der Waals surface area contributed by atoms with E-state index in [1.807, 2.05) is 36.7 Å². The number of benzene rings is 2. The van der Waals surface area contributed by atoms with Crippen LogP contribution in [0.15, 0.2) is 58.7 Å². The van der Waals surface area contributed by atoms with Gasteiger partial charge < -0.3 is 11.5 Å². The van der Waals surface area contributed by atoms with Crippen LogP contribution < -0.4 is 22.3 Å². The first-order valence-electron chi connectivity index (χ1n) is 7.93. The maximum absolute atomic E-state index is 5.46. The molecule has 0 spiro atoms. The molecule has 0 aliphatic heterocycles. The van der Waals surface area contributed by atoms with Crippen LogP contribution in [0.4, 0.5) is 0 Å². The van der Waals surface area contributed by atoms with Crippen molar-refractivity contribution in [3.8, 4) is 0 Å². The lowest BCUT2D eigenvalue weighted by Crippen LogP contribution is -2.26. The van der Waals surface area contributed by atoms with Crippen molar-refractivity contribution in [2.75, 3.05) is 0 Å². The van der Waals surface area contributed by atoms with Gasteiger partial charge in [-0.25, -0.2) is 0 Å². The zero-order chi connectivity index (χ0) is 18.5. The standard InChI is InChI=1S/C18H18N6S2/c19-17(25)23-21-9-15-11-5-1-2-6-12(11)16(10-22-24-18(20)26)14-8-4-3-7-13(14)15/h1-10,15-16H,(H3,19,23,25)(H3,20,24,26). The maximum Gasteiger partial charge on any atom is 0.184 e. The van der Waals surface area contributed by atoms with E-state index in [2.05, 4.69) is 45.3 Å². The molecule has 6 N–H and O–H groups in total. The van der Waals surface area contributed by atoms with Crippen molar-refractivity contribution in [2.45, 2.75) is 11.8 Å². The normalized spacial score (nSPS) is 18.3. The van der Waals surface area contributed by atoms with Gasteiger partial charge in [0.1, 0.15) is 0 Å². The van der Waals surface area contributed by atoms with Gasteiger partial charge in [0.05, 0.1) is 0 Å². The van der Waals surface area contributed by atoms with Crippen LogP contribution in [-0.4, -0.2) is 22.7 Å². The van der Waals surface area contributed by atoms with Crippen LogP contribution >= 0.6 is 24.4 Å². The predicted molar refractivity (Wildman–Crippen MR) is 113 cm³/mol. The number of fused-ring (bicyclic) bond motifs is 2. The number of nitrogens with zero attached hydrogens (tertiary/aromatic N) is 2. The minimum atomic E-state index is -0.0163. The summed E-state index contributed by atoms with van der Waals surface area (Å²) >= 11 is 9.63. The number of thiocarbonyl (C=S) groups is 2. The van der Waals surface area contributed by atoms with Gasteiger partial charge in [-0.3, -0.25) is 10.9 Å². The van der Waals surface area contributed by atoms with Crippen LogP contribution in [0.25, 0.3) is 0 Å². The second-order valence-electron chi connectivity index (χ2n) is 5.72. The van der Waals surface area contributed by atoms with Crippen molar-refractivity contribution in [3.63, 3.8) is 0 Å². The number of nitrogens with one attached hydrogen (secondary N) is 2. The van der Waals surface area contributed by atoms with Crippen LogP contribution in [-0.2, 0) is 0 Å². The van der Waals surface area contributed by atoms with E-state index in [1.54, 1.807) is 0 Å². The third kappa shape index (κ3) is 3.87. The van der Waals surface area contributed by atoms with Gasteiger partial charge in [-0.15, -0.1) is 0 Å². The lowest BCUT2D eigenvalue weighted by atomic mass is 9.73. The topological polar surface area (TPSA) is 101 Å². The number of hydrazone groups is 2. The summed E-state index contributed by atoms with van der Waals surface area (Å²) in [6.45, 7) is 0. The molecule has 6 nitrogen and oxygen atoms in total. The van der Waals surface area contributed by atoms with E-state index < -0.39 is 0 Å². The fourth-order valence-corrected chi connectivity index (χ4v) is 3.27. The first-order valence-corrected chi connectivity index (χ1v) is 8.74. The van der Waals surface area contributed by atoms with Crippen LogP contribution in [0.1, 0.15) is 34.1 Å².